The maximum Gasteiger partial charge on any atom is 0.184 e. The number of aliphatic hydroxyl groups is 3. The summed E-state index contributed by atoms with van der Waals surface area (Å²) in [6.07, 6.45) is -3.09. The first kappa shape index (κ1) is 11.8. The molecule has 0 aromatic rings. The average Bonchev–Trinajstić information content (AvgIpc) is 2.17. The van der Waals surface area contributed by atoms with Gasteiger partial charge >= 0.3 is 0 Å². The summed E-state index contributed by atoms with van der Waals surface area (Å²) in [6.45, 7) is 0.311. The fourth-order valence-electron chi connectivity index (χ4n) is 1.36. The SMILES string of the molecule is NCCOC1OC(CO)C(O)CC1O. The van der Waals surface area contributed by atoms with Crippen LogP contribution < -0.4 is 5.73 Å². The molecule has 0 aliphatic carbocycles. The molecular weight excluding hydrogens is 190 g/mol. The number of ether oxygens (including phenoxy) is 2. The quantitative estimate of drug-likeness (QED) is 0.416. The summed E-state index contributed by atoms with van der Waals surface area (Å²) in [5, 5.41) is 27.6. The van der Waals surface area contributed by atoms with Crippen LogP contribution >= 0.6 is 0 Å². The number of aliphatic hydroxyl groups excluding tert-OH is 3. The smallest absolute Gasteiger partial charge is 0.184 e. The van der Waals surface area contributed by atoms with Gasteiger partial charge in [-0.1, -0.05) is 0 Å². The van der Waals surface area contributed by atoms with Crippen molar-refractivity contribution >= 4 is 0 Å². The van der Waals surface area contributed by atoms with Crippen LogP contribution in [0.4, 0.5) is 0 Å². The normalized spacial score (nSPS) is 38.6. The molecule has 5 N–H and O–H groups in total. The van der Waals surface area contributed by atoms with E-state index in [4.69, 9.17) is 20.3 Å². The summed E-state index contributed by atoms with van der Waals surface area (Å²) in [5.74, 6) is 0. The van der Waals surface area contributed by atoms with E-state index in [1.807, 2.05) is 0 Å². The molecule has 0 aromatic heterocycles. The van der Waals surface area contributed by atoms with Crippen molar-refractivity contribution in [1.29, 1.82) is 0 Å². The molecule has 0 aromatic carbocycles. The van der Waals surface area contributed by atoms with Gasteiger partial charge in [0.05, 0.1) is 19.3 Å². The summed E-state index contributed by atoms with van der Waals surface area (Å²) >= 11 is 0. The van der Waals surface area contributed by atoms with E-state index in [9.17, 15) is 10.2 Å². The van der Waals surface area contributed by atoms with Crippen LogP contribution in [0.25, 0.3) is 0 Å². The Hall–Kier alpha value is -0.240. The molecule has 1 aliphatic heterocycles. The monoisotopic (exact) mass is 207 g/mol. The average molecular weight is 207 g/mol. The summed E-state index contributed by atoms with van der Waals surface area (Å²) < 4.78 is 10.2. The molecule has 1 rings (SSSR count). The molecule has 1 fully saturated rings. The highest BCUT2D eigenvalue weighted by molar-refractivity contribution is 4.80. The minimum absolute atomic E-state index is 0.139. The largest absolute Gasteiger partial charge is 0.394 e. The Morgan fingerprint density at radius 1 is 1.36 bits per heavy atom. The molecule has 84 valence electrons. The fourth-order valence-corrected chi connectivity index (χ4v) is 1.36. The number of hydrogen-bond acceptors (Lipinski definition) is 6. The van der Waals surface area contributed by atoms with Crippen molar-refractivity contribution in [2.75, 3.05) is 19.8 Å². The molecule has 0 radical (unpaired) electrons. The Morgan fingerprint density at radius 2 is 2.07 bits per heavy atom. The zero-order valence-electron chi connectivity index (χ0n) is 7.87. The van der Waals surface area contributed by atoms with Gasteiger partial charge in [-0.2, -0.15) is 0 Å². The molecule has 0 bridgehead atoms. The van der Waals surface area contributed by atoms with Gasteiger partial charge in [0.25, 0.3) is 0 Å². The van der Waals surface area contributed by atoms with Crippen molar-refractivity contribution in [2.45, 2.75) is 31.0 Å². The van der Waals surface area contributed by atoms with E-state index >= 15 is 0 Å². The second-order valence-electron chi connectivity index (χ2n) is 3.26. The summed E-state index contributed by atoms with van der Waals surface area (Å²) in [6, 6.07) is 0. The van der Waals surface area contributed by atoms with Crippen LogP contribution in [-0.4, -0.2) is 59.7 Å². The summed E-state index contributed by atoms with van der Waals surface area (Å²) in [5.41, 5.74) is 5.22. The van der Waals surface area contributed by atoms with E-state index in [1.165, 1.54) is 0 Å². The van der Waals surface area contributed by atoms with Gasteiger partial charge in [-0.25, -0.2) is 0 Å². The maximum atomic E-state index is 9.45. The standard InChI is InChI=1S/C8H17NO5/c9-1-2-13-8-6(12)3-5(11)7(4-10)14-8/h5-8,10-12H,1-4,9H2. The van der Waals surface area contributed by atoms with Crippen molar-refractivity contribution in [3.8, 4) is 0 Å². The van der Waals surface area contributed by atoms with Crippen LogP contribution in [-0.2, 0) is 9.47 Å². The van der Waals surface area contributed by atoms with Gasteiger partial charge in [0.1, 0.15) is 12.2 Å². The van der Waals surface area contributed by atoms with E-state index in [2.05, 4.69) is 0 Å². The topological polar surface area (TPSA) is 105 Å². The Morgan fingerprint density at radius 3 is 2.64 bits per heavy atom. The van der Waals surface area contributed by atoms with Gasteiger partial charge in [0.15, 0.2) is 6.29 Å². The van der Waals surface area contributed by atoms with E-state index in [1.54, 1.807) is 0 Å². The third-order valence-electron chi connectivity index (χ3n) is 2.12. The van der Waals surface area contributed by atoms with Crippen molar-refractivity contribution < 1.29 is 24.8 Å². The van der Waals surface area contributed by atoms with E-state index < -0.39 is 24.6 Å². The molecule has 0 spiro atoms. The predicted molar refractivity (Wildman–Crippen MR) is 47.4 cm³/mol. The molecule has 1 saturated heterocycles. The lowest BCUT2D eigenvalue weighted by atomic mass is 10.0. The lowest BCUT2D eigenvalue weighted by Gasteiger charge is -2.36. The number of hydrogen-bond donors (Lipinski definition) is 4. The minimum Gasteiger partial charge on any atom is -0.394 e. The fraction of sp³-hybridized carbons (Fsp3) is 1.00. The Labute approximate surface area is 82.2 Å². The second-order valence-corrected chi connectivity index (χ2v) is 3.26. The molecule has 14 heavy (non-hydrogen) atoms. The highest BCUT2D eigenvalue weighted by Gasteiger charge is 2.36. The molecule has 1 aliphatic rings. The van der Waals surface area contributed by atoms with Crippen LogP contribution in [0.5, 0.6) is 0 Å². The Balaban J connectivity index is 2.42. The first-order chi connectivity index (χ1) is 6.69. The molecule has 6 nitrogen and oxygen atoms in total. The lowest BCUT2D eigenvalue weighted by molar-refractivity contribution is -0.269. The highest BCUT2D eigenvalue weighted by Crippen LogP contribution is 2.20. The molecule has 4 unspecified atom stereocenters. The summed E-state index contributed by atoms with van der Waals surface area (Å²) in [7, 11) is 0. The van der Waals surface area contributed by atoms with E-state index in [0.29, 0.717) is 6.54 Å². The molecule has 1 heterocycles. The van der Waals surface area contributed by atoms with Crippen LogP contribution in [0, 0.1) is 0 Å². The minimum atomic E-state index is -0.876. The van der Waals surface area contributed by atoms with Gasteiger partial charge in [-0.3, -0.25) is 0 Å². The summed E-state index contributed by atoms with van der Waals surface area (Å²) in [4.78, 5) is 0. The van der Waals surface area contributed by atoms with Crippen molar-refractivity contribution in [3.63, 3.8) is 0 Å². The maximum absolute atomic E-state index is 9.45. The van der Waals surface area contributed by atoms with Gasteiger partial charge in [-0.15, -0.1) is 0 Å². The molecule has 0 saturated carbocycles. The molecule has 0 amide bonds. The van der Waals surface area contributed by atoms with Gasteiger partial charge in [0, 0.05) is 13.0 Å². The van der Waals surface area contributed by atoms with Gasteiger partial charge in [0.2, 0.25) is 0 Å². The number of nitrogens with two attached hydrogens (primary N) is 1. The zero-order chi connectivity index (χ0) is 10.6. The lowest BCUT2D eigenvalue weighted by Crippen LogP contribution is -2.50. The zero-order valence-corrected chi connectivity index (χ0v) is 7.87. The van der Waals surface area contributed by atoms with Crippen LogP contribution in [0.15, 0.2) is 0 Å². The van der Waals surface area contributed by atoms with Crippen LogP contribution in [0.3, 0.4) is 0 Å². The third kappa shape index (κ3) is 2.88. The van der Waals surface area contributed by atoms with E-state index in [-0.39, 0.29) is 19.6 Å². The van der Waals surface area contributed by atoms with Crippen molar-refractivity contribution in [3.05, 3.63) is 0 Å². The van der Waals surface area contributed by atoms with E-state index in [0.717, 1.165) is 0 Å². The highest BCUT2D eigenvalue weighted by atomic mass is 16.7. The van der Waals surface area contributed by atoms with Crippen LogP contribution in [0.1, 0.15) is 6.42 Å². The van der Waals surface area contributed by atoms with Gasteiger partial charge < -0.3 is 30.5 Å². The molecular formula is C8H17NO5. The Bertz CT molecular complexity index is 168. The first-order valence-electron chi connectivity index (χ1n) is 4.63. The van der Waals surface area contributed by atoms with Gasteiger partial charge in [-0.05, 0) is 0 Å². The second kappa shape index (κ2) is 5.59. The van der Waals surface area contributed by atoms with Crippen molar-refractivity contribution in [2.24, 2.45) is 5.73 Å². The molecule has 6 heteroatoms. The van der Waals surface area contributed by atoms with Crippen molar-refractivity contribution in [1.82, 2.24) is 0 Å². The number of rotatable bonds is 4. The first-order valence-corrected chi connectivity index (χ1v) is 4.63. The molecule has 4 atom stereocenters. The third-order valence-corrected chi connectivity index (χ3v) is 2.12. The van der Waals surface area contributed by atoms with Crippen LogP contribution in [0.2, 0.25) is 0 Å². The predicted octanol–water partition coefficient (Wildman–Crippen LogP) is -2.21. The Kier molecular flexibility index (Phi) is 4.73.